The van der Waals surface area contributed by atoms with Gasteiger partial charge in [0.1, 0.15) is 6.61 Å². The molecule has 0 aromatic heterocycles. The zero-order valence-electron chi connectivity index (χ0n) is 14.9. The standard InChI is InChI=1S/C21H24N2O3/c24-21(26-16-17-4-2-1-3-5-17)23-9-8-18-14-20(7-6-19(18)15-23)22-10-12-25-13-11-22/h1-7,14H,8-13,15-16H2. The number of ether oxygens (including phenoxy) is 2. The smallest absolute Gasteiger partial charge is 0.410 e. The summed E-state index contributed by atoms with van der Waals surface area (Å²) in [4.78, 5) is 16.5. The lowest BCUT2D eigenvalue weighted by Gasteiger charge is -2.32. The van der Waals surface area contributed by atoms with Crippen molar-refractivity contribution in [2.24, 2.45) is 0 Å². The average Bonchev–Trinajstić information content (AvgIpc) is 2.72. The fourth-order valence-electron chi connectivity index (χ4n) is 3.52. The summed E-state index contributed by atoms with van der Waals surface area (Å²) in [5.74, 6) is 0. The van der Waals surface area contributed by atoms with Gasteiger partial charge in [-0.05, 0) is 35.2 Å². The molecule has 0 N–H and O–H groups in total. The van der Waals surface area contributed by atoms with E-state index >= 15 is 0 Å². The normalized spacial score (nSPS) is 16.9. The minimum Gasteiger partial charge on any atom is -0.445 e. The van der Waals surface area contributed by atoms with E-state index in [9.17, 15) is 4.79 Å². The molecule has 1 amide bonds. The van der Waals surface area contributed by atoms with Gasteiger partial charge in [0.2, 0.25) is 0 Å². The van der Waals surface area contributed by atoms with Crippen molar-refractivity contribution in [1.29, 1.82) is 0 Å². The van der Waals surface area contributed by atoms with E-state index in [0.29, 0.717) is 19.7 Å². The molecule has 1 saturated heterocycles. The molecular formula is C21H24N2O3. The zero-order chi connectivity index (χ0) is 17.8. The van der Waals surface area contributed by atoms with Crippen LogP contribution >= 0.6 is 0 Å². The van der Waals surface area contributed by atoms with E-state index in [2.05, 4.69) is 23.1 Å². The average molecular weight is 352 g/mol. The van der Waals surface area contributed by atoms with Gasteiger partial charge in [0.05, 0.1) is 13.2 Å². The highest BCUT2D eigenvalue weighted by atomic mass is 16.6. The molecule has 2 aliphatic rings. The van der Waals surface area contributed by atoms with Crippen molar-refractivity contribution in [3.05, 3.63) is 65.2 Å². The molecule has 1 fully saturated rings. The summed E-state index contributed by atoms with van der Waals surface area (Å²) in [7, 11) is 0. The number of amides is 1. The molecule has 0 aliphatic carbocycles. The summed E-state index contributed by atoms with van der Waals surface area (Å²) in [6.07, 6.45) is 0.630. The van der Waals surface area contributed by atoms with Crippen LogP contribution in [-0.4, -0.2) is 43.8 Å². The van der Waals surface area contributed by atoms with E-state index in [1.165, 1.54) is 16.8 Å². The molecule has 136 valence electrons. The molecule has 5 nitrogen and oxygen atoms in total. The van der Waals surface area contributed by atoms with E-state index in [-0.39, 0.29) is 6.09 Å². The lowest BCUT2D eigenvalue weighted by molar-refractivity contribution is 0.0918. The first-order valence-corrected chi connectivity index (χ1v) is 9.20. The van der Waals surface area contributed by atoms with Gasteiger partial charge in [-0.25, -0.2) is 4.79 Å². The second-order valence-electron chi connectivity index (χ2n) is 6.76. The summed E-state index contributed by atoms with van der Waals surface area (Å²) >= 11 is 0. The SMILES string of the molecule is O=C(OCc1ccccc1)N1CCc2cc(N3CCOCC3)ccc2C1. The molecule has 0 radical (unpaired) electrons. The Morgan fingerprint density at radius 2 is 1.81 bits per heavy atom. The van der Waals surface area contributed by atoms with Crippen molar-refractivity contribution < 1.29 is 14.3 Å². The summed E-state index contributed by atoms with van der Waals surface area (Å²) in [6, 6.07) is 16.4. The summed E-state index contributed by atoms with van der Waals surface area (Å²) in [5.41, 5.74) is 4.81. The number of carbonyl (C=O) groups excluding carboxylic acids is 1. The molecule has 0 unspecified atom stereocenters. The van der Waals surface area contributed by atoms with Gasteiger partial charge in [0.15, 0.2) is 0 Å². The van der Waals surface area contributed by atoms with Crippen LogP contribution in [0.5, 0.6) is 0 Å². The van der Waals surface area contributed by atoms with Crippen molar-refractivity contribution in [2.45, 2.75) is 19.6 Å². The minimum absolute atomic E-state index is 0.239. The number of rotatable bonds is 3. The predicted molar refractivity (Wildman–Crippen MR) is 100 cm³/mol. The number of fused-ring (bicyclic) bond motifs is 1. The van der Waals surface area contributed by atoms with Gasteiger partial charge in [-0.1, -0.05) is 36.4 Å². The molecule has 4 rings (SSSR count). The van der Waals surface area contributed by atoms with Gasteiger partial charge in [0.25, 0.3) is 0 Å². The second-order valence-corrected chi connectivity index (χ2v) is 6.76. The van der Waals surface area contributed by atoms with Gasteiger partial charge in [-0.15, -0.1) is 0 Å². The molecule has 0 saturated carbocycles. The Balaban J connectivity index is 1.37. The third-order valence-electron chi connectivity index (χ3n) is 5.04. The maximum absolute atomic E-state index is 12.4. The third kappa shape index (κ3) is 3.83. The fourth-order valence-corrected chi connectivity index (χ4v) is 3.52. The summed E-state index contributed by atoms with van der Waals surface area (Å²) in [6.45, 7) is 5.10. The third-order valence-corrected chi connectivity index (χ3v) is 5.04. The van der Waals surface area contributed by atoms with Crippen LogP contribution in [0.4, 0.5) is 10.5 Å². The highest BCUT2D eigenvalue weighted by Crippen LogP contribution is 2.25. The first-order chi connectivity index (χ1) is 12.8. The highest BCUT2D eigenvalue weighted by Gasteiger charge is 2.23. The van der Waals surface area contributed by atoms with Gasteiger partial charge < -0.3 is 19.3 Å². The van der Waals surface area contributed by atoms with E-state index in [4.69, 9.17) is 9.47 Å². The number of anilines is 1. The Kier molecular flexibility index (Phi) is 5.07. The van der Waals surface area contributed by atoms with Crippen molar-refractivity contribution >= 4 is 11.8 Å². The molecule has 5 heteroatoms. The van der Waals surface area contributed by atoms with E-state index in [1.807, 2.05) is 30.3 Å². The van der Waals surface area contributed by atoms with Crippen LogP contribution in [0.3, 0.4) is 0 Å². The summed E-state index contributed by atoms with van der Waals surface area (Å²) in [5, 5.41) is 0. The van der Waals surface area contributed by atoms with Crippen LogP contribution in [0.25, 0.3) is 0 Å². The number of nitrogens with zero attached hydrogens (tertiary/aromatic N) is 2. The van der Waals surface area contributed by atoms with Gasteiger partial charge >= 0.3 is 6.09 Å². The van der Waals surface area contributed by atoms with E-state index < -0.39 is 0 Å². The number of hydrogen-bond acceptors (Lipinski definition) is 4. The monoisotopic (exact) mass is 352 g/mol. The van der Waals surface area contributed by atoms with Crippen LogP contribution in [0.1, 0.15) is 16.7 Å². The Bertz CT molecular complexity index is 757. The largest absolute Gasteiger partial charge is 0.445 e. The summed E-state index contributed by atoms with van der Waals surface area (Å²) < 4.78 is 10.9. The van der Waals surface area contributed by atoms with Crippen molar-refractivity contribution in [2.75, 3.05) is 37.7 Å². The van der Waals surface area contributed by atoms with Gasteiger partial charge in [-0.3, -0.25) is 0 Å². The number of carbonyl (C=O) groups is 1. The minimum atomic E-state index is -0.239. The maximum Gasteiger partial charge on any atom is 0.410 e. The lowest BCUT2D eigenvalue weighted by atomic mass is 9.99. The molecule has 0 bridgehead atoms. The molecule has 2 aromatic carbocycles. The highest BCUT2D eigenvalue weighted by molar-refractivity contribution is 5.68. The zero-order valence-corrected chi connectivity index (χ0v) is 14.9. The van der Waals surface area contributed by atoms with Gasteiger partial charge in [0, 0.05) is 31.9 Å². The number of morpholine rings is 1. The molecule has 26 heavy (non-hydrogen) atoms. The van der Waals surface area contributed by atoms with E-state index in [1.54, 1.807) is 4.90 Å². The molecule has 2 aromatic rings. The Labute approximate surface area is 154 Å². The van der Waals surface area contributed by atoms with Crippen molar-refractivity contribution in [3.8, 4) is 0 Å². The van der Waals surface area contributed by atoms with Crippen molar-refractivity contribution in [1.82, 2.24) is 4.90 Å². The number of hydrogen-bond donors (Lipinski definition) is 0. The van der Waals surface area contributed by atoms with E-state index in [0.717, 1.165) is 38.3 Å². The van der Waals surface area contributed by atoms with Crippen LogP contribution in [0.15, 0.2) is 48.5 Å². The van der Waals surface area contributed by atoms with Crippen LogP contribution in [-0.2, 0) is 29.0 Å². The molecule has 0 spiro atoms. The lowest BCUT2D eigenvalue weighted by Crippen LogP contribution is -2.37. The van der Waals surface area contributed by atoms with Crippen molar-refractivity contribution in [3.63, 3.8) is 0 Å². The maximum atomic E-state index is 12.4. The molecule has 2 heterocycles. The first-order valence-electron chi connectivity index (χ1n) is 9.20. The molecule has 0 atom stereocenters. The van der Waals surface area contributed by atoms with Crippen LogP contribution in [0.2, 0.25) is 0 Å². The second kappa shape index (κ2) is 7.79. The quantitative estimate of drug-likeness (QED) is 0.851. The number of benzene rings is 2. The molecular weight excluding hydrogens is 328 g/mol. The van der Waals surface area contributed by atoms with Gasteiger partial charge in [-0.2, -0.15) is 0 Å². The topological polar surface area (TPSA) is 42.0 Å². The predicted octanol–water partition coefficient (Wildman–Crippen LogP) is 3.22. The van der Waals surface area contributed by atoms with Crippen LogP contribution < -0.4 is 4.90 Å². The Morgan fingerprint density at radius 3 is 2.62 bits per heavy atom. The Hall–Kier alpha value is -2.53. The first kappa shape index (κ1) is 16.9. The van der Waals surface area contributed by atoms with Crippen LogP contribution in [0, 0.1) is 0 Å². The fraction of sp³-hybridized carbons (Fsp3) is 0.381. The Morgan fingerprint density at radius 1 is 1.00 bits per heavy atom. The molecule has 2 aliphatic heterocycles.